The van der Waals surface area contributed by atoms with Gasteiger partial charge in [0.25, 0.3) is 0 Å². The lowest BCUT2D eigenvalue weighted by Crippen LogP contribution is -2.52. The standard InChI is InChI=1S/C26H31N3O4/c1-5-33-24(31)17-9-11-18(12-10-17)27-23(30)21-14-19(13-15(2)3)29-26(21)20-8-6-7-16(4)22(20)28-25(26)32/h6-12,15,19,21,29H,5,13-14H2,1-4H3,(H,27,30)(H,28,32)/t19-,21-,26+/m0/s1. The van der Waals surface area contributed by atoms with Crippen LogP contribution in [0.1, 0.15) is 55.1 Å². The molecule has 1 spiro atoms. The largest absolute Gasteiger partial charge is 0.462 e. The number of hydrogen-bond acceptors (Lipinski definition) is 5. The molecule has 2 aliphatic heterocycles. The molecule has 7 heteroatoms. The zero-order chi connectivity index (χ0) is 23.8. The van der Waals surface area contributed by atoms with Gasteiger partial charge in [-0.3, -0.25) is 14.9 Å². The highest BCUT2D eigenvalue weighted by Crippen LogP contribution is 2.48. The van der Waals surface area contributed by atoms with E-state index in [9.17, 15) is 14.4 Å². The van der Waals surface area contributed by atoms with Gasteiger partial charge < -0.3 is 15.4 Å². The SMILES string of the molecule is CCOC(=O)c1ccc(NC(=O)[C@@H]2C[C@H](CC(C)C)N[C@@]23C(=O)Nc2c(C)cccc23)cc1. The number of fused-ring (bicyclic) bond motifs is 2. The molecule has 0 aromatic heterocycles. The minimum absolute atomic E-state index is 0.0455. The first-order chi connectivity index (χ1) is 15.8. The van der Waals surface area contributed by atoms with Crippen molar-refractivity contribution in [1.29, 1.82) is 0 Å². The number of para-hydroxylation sites is 1. The minimum Gasteiger partial charge on any atom is -0.462 e. The lowest BCUT2D eigenvalue weighted by molar-refractivity contribution is -0.130. The van der Waals surface area contributed by atoms with E-state index in [1.165, 1.54) is 0 Å². The van der Waals surface area contributed by atoms with Gasteiger partial charge >= 0.3 is 5.97 Å². The van der Waals surface area contributed by atoms with Gasteiger partial charge in [-0.25, -0.2) is 4.79 Å². The van der Waals surface area contributed by atoms with Crippen molar-refractivity contribution in [3.05, 3.63) is 59.2 Å². The summed E-state index contributed by atoms with van der Waals surface area (Å²) < 4.78 is 5.01. The molecule has 174 valence electrons. The van der Waals surface area contributed by atoms with E-state index in [2.05, 4.69) is 29.8 Å². The van der Waals surface area contributed by atoms with Crippen molar-refractivity contribution in [3.63, 3.8) is 0 Å². The van der Waals surface area contributed by atoms with Crippen molar-refractivity contribution in [2.45, 2.75) is 52.1 Å². The van der Waals surface area contributed by atoms with Crippen LogP contribution in [0.15, 0.2) is 42.5 Å². The quantitative estimate of drug-likeness (QED) is 0.580. The molecule has 2 amide bonds. The van der Waals surface area contributed by atoms with Crippen molar-refractivity contribution >= 4 is 29.2 Å². The Morgan fingerprint density at radius 1 is 1.18 bits per heavy atom. The van der Waals surface area contributed by atoms with Crippen LogP contribution in [0.25, 0.3) is 0 Å². The van der Waals surface area contributed by atoms with E-state index in [4.69, 9.17) is 4.74 Å². The predicted octanol–water partition coefficient (Wildman–Crippen LogP) is 3.98. The van der Waals surface area contributed by atoms with E-state index in [0.29, 0.717) is 30.2 Å². The maximum absolute atomic E-state index is 13.5. The summed E-state index contributed by atoms with van der Waals surface area (Å²) in [6, 6.07) is 12.5. The molecule has 1 saturated heterocycles. The number of carbonyl (C=O) groups excluding carboxylic acids is 3. The predicted molar refractivity (Wildman–Crippen MR) is 127 cm³/mol. The third-order valence-corrected chi connectivity index (χ3v) is 6.51. The molecular weight excluding hydrogens is 418 g/mol. The Bertz CT molecular complexity index is 1080. The summed E-state index contributed by atoms with van der Waals surface area (Å²) in [7, 11) is 0. The monoisotopic (exact) mass is 449 g/mol. The highest BCUT2D eigenvalue weighted by atomic mass is 16.5. The number of rotatable bonds is 6. The number of aryl methyl sites for hydroxylation is 1. The number of benzene rings is 2. The molecule has 33 heavy (non-hydrogen) atoms. The molecule has 0 bridgehead atoms. The fourth-order valence-electron chi connectivity index (χ4n) is 5.09. The lowest BCUT2D eigenvalue weighted by Gasteiger charge is -2.29. The van der Waals surface area contributed by atoms with Gasteiger partial charge in [0, 0.05) is 23.0 Å². The van der Waals surface area contributed by atoms with E-state index < -0.39 is 17.4 Å². The zero-order valence-corrected chi connectivity index (χ0v) is 19.5. The zero-order valence-electron chi connectivity index (χ0n) is 19.5. The second-order valence-electron chi connectivity index (χ2n) is 9.31. The molecule has 0 aliphatic carbocycles. The number of carbonyl (C=O) groups is 3. The van der Waals surface area contributed by atoms with Crippen LogP contribution in [-0.4, -0.2) is 30.4 Å². The number of hydrogen-bond donors (Lipinski definition) is 3. The number of nitrogens with one attached hydrogen (secondary N) is 3. The number of ether oxygens (including phenoxy) is 1. The summed E-state index contributed by atoms with van der Waals surface area (Å²) in [6.45, 7) is 8.29. The van der Waals surface area contributed by atoms with Gasteiger partial charge in [-0.15, -0.1) is 0 Å². The van der Waals surface area contributed by atoms with Crippen LogP contribution in [-0.2, 0) is 19.9 Å². The van der Waals surface area contributed by atoms with E-state index in [1.807, 2.05) is 25.1 Å². The van der Waals surface area contributed by atoms with Gasteiger partial charge in [0.1, 0.15) is 5.54 Å². The van der Waals surface area contributed by atoms with Crippen molar-refractivity contribution in [1.82, 2.24) is 5.32 Å². The summed E-state index contributed by atoms with van der Waals surface area (Å²) in [5.74, 6) is -0.953. The average molecular weight is 450 g/mol. The average Bonchev–Trinajstić information content (AvgIpc) is 3.28. The summed E-state index contributed by atoms with van der Waals surface area (Å²) in [5, 5.41) is 9.53. The molecule has 0 saturated carbocycles. The van der Waals surface area contributed by atoms with Gasteiger partial charge in [-0.2, -0.15) is 0 Å². The summed E-state index contributed by atoms with van der Waals surface area (Å²) >= 11 is 0. The first-order valence-corrected chi connectivity index (χ1v) is 11.5. The van der Waals surface area contributed by atoms with Gasteiger partial charge in [0.2, 0.25) is 11.8 Å². The first kappa shape index (κ1) is 23.0. The summed E-state index contributed by atoms with van der Waals surface area (Å²) in [6.07, 6.45) is 1.43. The normalized spacial score (nSPS) is 23.5. The Kier molecular flexibility index (Phi) is 6.26. The van der Waals surface area contributed by atoms with E-state index in [1.54, 1.807) is 31.2 Å². The molecule has 2 aromatic carbocycles. The van der Waals surface area contributed by atoms with E-state index in [-0.39, 0.29) is 17.9 Å². The van der Waals surface area contributed by atoms with E-state index >= 15 is 0 Å². The third-order valence-electron chi connectivity index (χ3n) is 6.51. The van der Waals surface area contributed by atoms with Crippen LogP contribution >= 0.6 is 0 Å². The van der Waals surface area contributed by atoms with Crippen LogP contribution in [0.4, 0.5) is 11.4 Å². The van der Waals surface area contributed by atoms with Gasteiger partial charge in [-0.05, 0) is 62.4 Å². The van der Waals surface area contributed by atoms with Crippen LogP contribution in [0.3, 0.4) is 0 Å². The van der Waals surface area contributed by atoms with Crippen molar-refractivity contribution in [2.75, 3.05) is 17.2 Å². The molecule has 7 nitrogen and oxygen atoms in total. The molecule has 2 heterocycles. The van der Waals surface area contributed by atoms with Crippen LogP contribution in [0.5, 0.6) is 0 Å². The Morgan fingerprint density at radius 3 is 2.58 bits per heavy atom. The topological polar surface area (TPSA) is 96.5 Å². The summed E-state index contributed by atoms with van der Waals surface area (Å²) in [4.78, 5) is 38.8. The summed E-state index contributed by atoms with van der Waals surface area (Å²) in [5.41, 5.74) is 2.48. The highest BCUT2D eigenvalue weighted by Gasteiger charge is 2.60. The second kappa shape index (κ2) is 8.98. The fraction of sp³-hybridized carbons (Fsp3) is 0.423. The minimum atomic E-state index is -1.10. The fourth-order valence-corrected chi connectivity index (χ4v) is 5.09. The molecule has 1 fully saturated rings. The smallest absolute Gasteiger partial charge is 0.338 e. The van der Waals surface area contributed by atoms with Gasteiger partial charge in [0.15, 0.2) is 0 Å². The Labute approximate surface area is 194 Å². The molecule has 4 rings (SSSR count). The molecule has 2 aliphatic rings. The molecule has 0 radical (unpaired) electrons. The molecule has 3 atom stereocenters. The molecular formula is C26H31N3O4. The van der Waals surface area contributed by atoms with Gasteiger partial charge in [-0.1, -0.05) is 32.0 Å². The Balaban J connectivity index is 1.63. The Hall–Kier alpha value is -3.19. The van der Waals surface area contributed by atoms with Crippen molar-refractivity contribution in [2.24, 2.45) is 11.8 Å². The van der Waals surface area contributed by atoms with Crippen LogP contribution in [0, 0.1) is 18.8 Å². The second-order valence-corrected chi connectivity index (χ2v) is 9.31. The van der Waals surface area contributed by atoms with Gasteiger partial charge in [0.05, 0.1) is 18.1 Å². The maximum Gasteiger partial charge on any atom is 0.338 e. The van der Waals surface area contributed by atoms with Crippen LogP contribution in [0.2, 0.25) is 0 Å². The highest BCUT2D eigenvalue weighted by molar-refractivity contribution is 6.11. The third kappa shape index (κ3) is 4.13. The lowest BCUT2D eigenvalue weighted by atomic mass is 9.79. The van der Waals surface area contributed by atoms with E-state index in [0.717, 1.165) is 23.2 Å². The number of esters is 1. The molecule has 2 aromatic rings. The molecule has 0 unspecified atom stereocenters. The van der Waals surface area contributed by atoms with Crippen LogP contribution < -0.4 is 16.0 Å². The number of anilines is 2. The first-order valence-electron chi connectivity index (χ1n) is 11.5. The number of amides is 2. The van der Waals surface area contributed by atoms with Crippen molar-refractivity contribution < 1.29 is 19.1 Å². The Morgan fingerprint density at radius 2 is 1.91 bits per heavy atom. The maximum atomic E-state index is 13.5. The van der Waals surface area contributed by atoms with Crippen molar-refractivity contribution in [3.8, 4) is 0 Å². The molecule has 3 N–H and O–H groups in total.